The quantitative estimate of drug-likeness (QED) is 0.600. The van der Waals surface area contributed by atoms with Gasteiger partial charge in [0.2, 0.25) is 0 Å². The van der Waals surface area contributed by atoms with Crippen LogP contribution in [0, 0.1) is 0 Å². The predicted molar refractivity (Wildman–Crippen MR) is 92.4 cm³/mol. The number of methoxy groups -OCH3 is 1. The summed E-state index contributed by atoms with van der Waals surface area (Å²) < 4.78 is 5.06. The second-order valence-electron chi connectivity index (χ2n) is 5.67. The highest BCUT2D eigenvalue weighted by atomic mass is 16.5. The van der Waals surface area contributed by atoms with E-state index in [1.54, 1.807) is 24.3 Å². The van der Waals surface area contributed by atoms with Gasteiger partial charge in [0.1, 0.15) is 5.75 Å². The first kappa shape index (κ1) is 16.7. The molecule has 3 rings (SSSR count). The molecule has 0 aliphatic carbocycles. The maximum absolute atomic E-state index is 12.5. The van der Waals surface area contributed by atoms with E-state index in [1.165, 1.54) is 7.11 Å². The minimum absolute atomic E-state index is 0.213. The number of aryl methyl sites for hydroxylation is 1. The smallest absolute Gasteiger partial charge is 0.338 e. The van der Waals surface area contributed by atoms with Crippen molar-refractivity contribution in [1.82, 2.24) is 4.90 Å². The van der Waals surface area contributed by atoms with Crippen molar-refractivity contribution in [2.45, 2.75) is 12.8 Å². The third kappa shape index (κ3) is 3.38. The molecule has 2 aromatic carbocycles. The summed E-state index contributed by atoms with van der Waals surface area (Å²) in [6.07, 6.45) is 1.33. The van der Waals surface area contributed by atoms with Crippen LogP contribution in [0.2, 0.25) is 0 Å². The van der Waals surface area contributed by atoms with E-state index in [-0.39, 0.29) is 6.54 Å². The Bertz CT molecular complexity index is 787. The fraction of sp³-hybridized carbons (Fsp3) is 0.211. The largest absolute Gasteiger partial charge is 0.497 e. The molecule has 4 amide bonds. The third-order valence-corrected chi connectivity index (χ3v) is 4.07. The zero-order valence-corrected chi connectivity index (χ0v) is 13.8. The van der Waals surface area contributed by atoms with E-state index in [0.29, 0.717) is 17.9 Å². The maximum Gasteiger partial charge on any atom is 0.338 e. The molecule has 2 aromatic rings. The summed E-state index contributed by atoms with van der Waals surface area (Å²) >= 11 is 0. The number of hydrogen-bond acceptors (Lipinski definition) is 4. The lowest BCUT2D eigenvalue weighted by Gasteiger charge is -2.15. The molecular formula is C19H18N2O4. The van der Waals surface area contributed by atoms with E-state index in [0.717, 1.165) is 21.8 Å². The van der Waals surface area contributed by atoms with Crippen LogP contribution in [0.1, 0.15) is 12.0 Å². The molecule has 1 heterocycles. The summed E-state index contributed by atoms with van der Waals surface area (Å²) in [5.74, 6) is -1.00. The Labute approximate surface area is 145 Å². The second-order valence-corrected chi connectivity index (χ2v) is 5.67. The Morgan fingerprint density at radius 1 is 0.880 bits per heavy atom. The number of urea groups is 1. The maximum atomic E-state index is 12.5. The number of carbonyl (C=O) groups is 3. The number of rotatable bonds is 6. The number of hydrogen-bond donors (Lipinski definition) is 0. The average Bonchev–Trinajstić information content (AvgIpc) is 2.86. The van der Waals surface area contributed by atoms with Gasteiger partial charge in [-0.3, -0.25) is 14.5 Å². The van der Waals surface area contributed by atoms with Gasteiger partial charge in [-0.05, 0) is 42.7 Å². The van der Waals surface area contributed by atoms with Crippen LogP contribution >= 0.6 is 0 Å². The molecule has 0 radical (unpaired) electrons. The highest BCUT2D eigenvalue weighted by Gasteiger charge is 2.44. The standard InChI is InChI=1S/C19H18N2O4/c1-25-16-11-9-15(10-12-16)21-18(23)17(22)20(19(21)24)13-5-8-14-6-3-2-4-7-14/h2-4,6-7,9-12H,5,8,13H2,1H3. The highest BCUT2D eigenvalue weighted by Crippen LogP contribution is 2.24. The van der Waals surface area contributed by atoms with Crippen LogP contribution in [-0.2, 0) is 16.0 Å². The molecule has 0 bridgehead atoms. The normalized spacial score (nSPS) is 14.4. The molecule has 1 aliphatic rings. The number of carbonyl (C=O) groups excluding carboxylic acids is 3. The van der Waals surface area contributed by atoms with Crippen LogP contribution < -0.4 is 9.64 Å². The summed E-state index contributed by atoms with van der Waals surface area (Å²) in [5, 5.41) is 0. The molecule has 0 N–H and O–H groups in total. The fourth-order valence-corrected chi connectivity index (χ4v) is 2.75. The number of ether oxygens (including phenoxy) is 1. The van der Waals surface area contributed by atoms with Crippen LogP contribution in [-0.4, -0.2) is 36.4 Å². The van der Waals surface area contributed by atoms with Crippen molar-refractivity contribution in [3.8, 4) is 5.75 Å². The van der Waals surface area contributed by atoms with Gasteiger partial charge in [-0.1, -0.05) is 30.3 Å². The Morgan fingerprint density at radius 3 is 2.20 bits per heavy atom. The molecule has 1 aliphatic heterocycles. The third-order valence-electron chi connectivity index (χ3n) is 4.07. The minimum atomic E-state index is -0.824. The number of nitrogens with zero attached hydrogens (tertiary/aromatic N) is 2. The Balaban J connectivity index is 1.68. The molecule has 1 saturated heterocycles. The molecule has 0 atom stereocenters. The van der Waals surface area contributed by atoms with Crippen LogP contribution in [0.5, 0.6) is 5.75 Å². The van der Waals surface area contributed by atoms with Gasteiger partial charge < -0.3 is 4.74 Å². The summed E-state index contributed by atoms with van der Waals surface area (Å²) in [4.78, 5) is 38.8. The number of imide groups is 2. The van der Waals surface area contributed by atoms with Gasteiger partial charge in [-0.25, -0.2) is 9.69 Å². The van der Waals surface area contributed by atoms with Crippen LogP contribution in [0.4, 0.5) is 10.5 Å². The van der Waals surface area contributed by atoms with Crippen molar-refractivity contribution in [3.05, 3.63) is 60.2 Å². The van der Waals surface area contributed by atoms with E-state index in [9.17, 15) is 14.4 Å². The van der Waals surface area contributed by atoms with E-state index in [1.807, 2.05) is 30.3 Å². The number of benzene rings is 2. The number of amides is 4. The highest BCUT2D eigenvalue weighted by molar-refractivity contribution is 6.52. The van der Waals surface area contributed by atoms with Crippen LogP contribution in [0.25, 0.3) is 0 Å². The van der Waals surface area contributed by atoms with Crippen molar-refractivity contribution in [1.29, 1.82) is 0 Å². The van der Waals surface area contributed by atoms with E-state index in [2.05, 4.69) is 0 Å². The fourth-order valence-electron chi connectivity index (χ4n) is 2.75. The Hall–Kier alpha value is -3.15. The van der Waals surface area contributed by atoms with E-state index < -0.39 is 17.8 Å². The van der Waals surface area contributed by atoms with Gasteiger partial charge in [0.05, 0.1) is 12.8 Å². The van der Waals surface area contributed by atoms with E-state index in [4.69, 9.17) is 4.74 Å². The van der Waals surface area contributed by atoms with Gasteiger partial charge in [0, 0.05) is 6.54 Å². The Kier molecular flexibility index (Phi) is 4.79. The molecule has 0 unspecified atom stereocenters. The molecule has 1 fully saturated rings. The zero-order valence-electron chi connectivity index (χ0n) is 13.8. The van der Waals surface area contributed by atoms with Crippen molar-refractivity contribution in [2.75, 3.05) is 18.6 Å². The number of anilines is 1. The van der Waals surface area contributed by atoms with Crippen LogP contribution in [0.15, 0.2) is 54.6 Å². The molecular weight excluding hydrogens is 320 g/mol. The molecule has 128 valence electrons. The zero-order chi connectivity index (χ0) is 17.8. The van der Waals surface area contributed by atoms with Gasteiger partial charge in [0.15, 0.2) is 0 Å². The van der Waals surface area contributed by atoms with Gasteiger partial charge in [-0.2, -0.15) is 0 Å². The molecule has 0 aromatic heterocycles. The predicted octanol–water partition coefficient (Wildman–Crippen LogP) is 2.62. The van der Waals surface area contributed by atoms with Gasteiger partial charge in [0.25, 0.3) is 0 Å². The monoisotopic (exact) mass is 338 g/mol. The summed E-state index contributed by atoms with van der Waals surface area (Å²) in [6, 6.07) is 15.6. The summed E-state index contributed by atoms with van der Waals surface area (Å²) in [7, 11) is 1.53. The van der Waals surface area contributed by atoms with Crippen molar-refractivity contribution in [2.24, 2.45) is 0 Å². The first-order valence-electron chi connectivity index (χ1n) is 7.99. The van der Waals surface area contributed by atoms with Gasteiger partial charge in [-0.15, -0.1) is 0 Å². The SMILES string of the molecule is COc1ccc(N2C(=O)C(=O)N(CCCc3ccccc3)C2=O)cc1. The first-order chi connectivity index (χ1) is 12.1. The lowest BCUT2D eigenvalue weighted by Crippen LogP contribution is -2.34. The van der Waals surface area contributed by atoms with Gasteiger partial charge >= 0.3 is 17.8 Å². The average molecular weight is 338 g/mol. The first-order valence-corrected chi connectivity index (χ1v) is 7.99. The van der Waals surface area contributed by atoms with Crippen LogP contribution in [0.3, 0.4) is 0 Å². The lowest BCUT2D eigenvalue weighted by molar-refractivity contribution is -0.139. The second kappa shape index (κ2) is 7.17. The summed E-state index contributed by atoms with van der Waals surface area (Å²) in [5.41, 5.74) is 1.48. The minimum Gasteiger partial charge on any atom is -0.497 e. The lowest BCUT2D eigenvalue weighted by atomic mass is 10.1. The summed E-state index contributed by atoms with van der Waals surface area (Å²) in [6.45, 7) is 0.213. The van der Waals surface area contributed by atoms with E-state index >= 15 is 0 Å². The molecule has 0 spiro atoms. The molecule has 6 heteroatoms. The molecule has 25 heavy (non-hydrogen) atoms. The van der Waals surface area contributed by atoms with Crippen molar-refractivity contribution >= 4 is 23.5 Å². The molecule has 0 saturated carbocycles. The topological polar surface area (TPSA) is 66.9 Å². The Morgan fingerprint density at radius 2 is 1.56 bits per heavy atom. The van der Waals surface area contributed by atoms with Crippen molar-refractivity contribution in [3.63, 3.8) is 0 Å². The molecule has 6 nitrogen and oxygen atoms in total. The van der Waals surface area contributed by atoms with Crippen molar-refractivity contribution < 1.29 is 19.1 Å².